The Morgan fingerprint density at radius 1 is 0.593 bits per heavy atom. The van der Waals surface area contributed by atoms with Crippen LogP contribution >= 0.6 is 0 Å². The predicted molar refractivity (Wildman–Crippen MR) is 87.0 cm³/mol. The quantitative estimate of drug-likeness (QED) is 0.398. The molecule has 0 aliphatic carbocycles. The number of rotatable bonds is 6. The minimum Gasteiger partial charge on any atom is -0.428 e. The molecule has 27 heavy (non-hydrogen) atoms. The van der Waals surface area contributed by atoms with E-state index in [2.05, 4.69) is 9.47 Å². The largest absolute Gasteiger partial charge is 0.428 e. The molecule has 0 heterocycles. The van der Waals surface area contributed by atoms with Gasteiger partial charge in [0.25, 0.3) is 0 Å². The fourth-order valence-electron chi connectivity index (χ4n) is 2.33. The molecule has 0 saturated heterocycles. The predicted octanol–water partition coefficient (Wildman–Crippen LogP) is 6.84. The molecule has 0 fully saturated rings. The normalized spacial score (nSPS) is 11.0. The maximum atomic E-state index is 12.8. The van der Waals surface area contributed by atoms with E-state index in [0.717, 1.165) is 11.1 Å². The molecule has 2 rings (SSSR count). The SMILES string of the molecule is CC(C)(c1ccc(OC(F)=C(F)F)cc1)c1ccc(OC(F)=C(F)F)cc1. The molecule has 2 nitrogen and oxygen atoms in total. The van der Waals surface area contributed by atoms with Gasteiger partial charge in [-0.05, 0) is 35.4 Å². The average Bonchev–Trinajstić information content (AvgIpc) is 2.62. The second-order valence-corrected chi connectivity index (χ2v) is 5.95. The van der Waals surface area contributed by atoms with Gasteiger partial charge in [0.15, 0.2) is 0 Å². The van der Waals surface area contributed by atoms with Crippen LogP contribution in [0.4, 0.5) is 26.3 Å². The third-order valence-electron chi connectivity index (χ3n) is 3.86. The second kappa shape index (κ2) is 8.20. The van der Waals surface area contributed by atoms with Crippen LogP contribution < -0.4 is 9.47 Å². The zero-order chi connectivity index (χ0) is 20.2. The lowest BCUT2D eigenvalue weighted by atomic mass is 9.78. The molecule has 0 radical (unpaired) electrons. The number of benzene rings is 2. The van der Waals surface area contributed by atoms with Crippen LogP contribution in [0.15, 0.2) is 72.7 Å². The molecule has 0 unspecified atom stereocenters. The van der Waals surface area contributed by atoms with Crippen molar-refractivity contribution in [1.29, 1.82) is 0 Å². The van der Waals surface area contributed by atoms with E-state index >= 15 is 0 Å². The lowest BCUT2D eigenvalue weighted by Gasteiger charge is -2.26. The highest BCUT2D eigenvalue weighted by molar-refractivity contribution is 5.42. The van der Waals surface area contributed by atoms with E-state index in [1.165, 1.54) is 24.3 Å². The highest BCUT2D eigenvalue weighted by Crippen LogP contribution is 2.34. The molecule has 0 aliphatic heterocycles. The van der Waals surface area contributed by atoms with Crippen LogP contribution in [0.2, 0.25) is 0 Å². The van der Waals surface area contributed by atoms with Gasteiger partial charge in [-0.2, -0.15) is 26.3 Å². The fourth-order valence-corrected chi connectivity index (χ4v) is 2.33. The first-order valence-electron chi connectivity index (χ1n) is 7.59. The summed E-state index contributed by atoms with van der Waals surface area (Å²) in [5.74, 6) is -0.196. The van der Waals surface area contributed by atoms with E-state index < -0.39 is 29.6 Å². The van der Waals surface area contributed by atoms with Gasteiger partial charge in [0.05, 0.1) is 0 Å². The maximum absolute atomic E-state index is 12.8. The molecule has 2 aromatic rings. The average molecular weight is 388 g/mol. The number of ether oxygens (including phenoxy) is 2. The summed E-state index contributed by atoms with van der Waals surface area (Å²) in [6, 6.07) is 7.69. The molecule has 8 heteroatoms. The zero-order valence-electron chi connectivity index (χ0n) is 14.2. The Kier molecular flexibility index (Phi) is 6.20. The molecule has 0 amide bonds. The van der Waals surface area contributed by atoms with E-state index in [4.69, 9.17) is 0 Å². The summed E-state index contributed by atoms with van der Waals surface area (Å²) in [6.45, 7) is 3.70. The van der Waals surface area contributed by atoms with Gasteiger partial charge in [-0.15, -0.1) is 0 Å². The van der Waals surface area contributed by atoms with Gasteiger partial charge in [0, 0.05) is 5.41 Å². The van der Waals surface area contributed by atoms with Crippen molar-refractivity contribution in [3.05, 3.63) is 83.8 Å². The standard InChI is InChI=1S/C19H14F6O2/c1-19(2,11-3-7-13(8-4-11)26-17(24)15(20)21)12-5-9-14(10-6-12)27-18(25)16(22)23/h3-10H,1-2H3. The zero-order valence-corrected chi connectivity index (χ0v) is 14.2. The van der Waals surface area contributed by atoms with Crippen LogP contribution in [0, 0.1) is 0 Å². The Bertz CT molecular complexity index is 775. The van der Waals surface area contributed by atoms with Gasteiger partial charge in [0.2, 0.25) is 0 Å². The van der Waals surface area contributed by atoms with Gasteiger partial charge in [-0.3, -0.25) is 0 Å². The van der Waals surface area contributed by atoms with Crippen LogP contribution in [-0.4, -0.2) is 0 Å². The Labute approximate surface area is 151 Å². The summed E-state index contributed by atoms with van der Waals surface area (Å²) in [4.78, 5) is 0. The van der Waals surface area contributed by atoms with Crippen molar-refractivity contribution in [2.45, 2.75) is 19.3 Å². The van der Waals surface area contributed by atoms with Crippen molar-refractivity contribution in [3.63, 3.8) is 0 Å². The first-order chi connectivity index (χ1) is 12.6. The van der Waals surface area contributed by atoms with Gasteiger partial charge in [-0.25, -0.2) is 0 Å². The lowest BCUT2D eigenvalue weighted by Crippen LogP contribution is -2.18. The minimum atomic E-state index is -2.55. The first-order valence-corrected chi connectivity index (χ1v) is 7.59. The third-order valence-corrected chi connectivity index (χ3v) is 3.86. The van der Waals surface area contributed by atoms with Crippen molar-refractivity contribution in [3.8, 4) is 11.5 Å². The molecular formula is C19H14F6O2. The molecular weight excluding hydrogens is 374 g/mol. The van der Waals surface area contributed by atoms with Gasteiger partial charge >= 0.3 is 24.2 Å². The topological polar surface area (TPSA) is 18.5 Å². The summed E-state index contributed by atoms with van der Waals surface area (Å²) >= 11 is 0. The van der Waals surface area contributed by atoms with E-state index in [1.807, 2.05) is 13.8 Å². The van der Waals surface area contributed by atoms with E-state index in [1.54, 1.807) is 24.3 Å². The van der Waals surface area contributed by atoms with Gasteiger partial charge < -0.3 is 9.47 Å². The van der Waals surface area contributed by atoms with Gasteiger partial charge in [0.1, 0.15) is 11.5 Å². The molecule has 0 aliphatic rings. The number of hydrogen-bond acceptors (Lipinski definition) is 2. The minimum absolute atomic E-state index is 0.0980. The van der Waals surface area contributed by atoms with Crippen LogP contribution in [-0.2, 0) is 5.41 Å². The van der Waals surface area contributed by atoms with Gasteiger partial charge in [-0.1, -0.05) is 38.1 Å². The van der Waals surface area contributed by atoms with Crippen molar-refractivity contribution in [1.82, 2.24) is 0 Å². The lowest BCUT2D eigenvalue weighted by molar-refractivity contribution is 0.241. The van der Waals surface area contributed by atoms with Crippen LogP contribution in [0.25, 0.3) is 0 Å². The van der Waals surface area contributed by atoms with Crippen LogP contribution in [0.5, 0.6) is 11.5 Å². The molecule has 0 N–H and O–H groups in total. The summed E-state index contributed by atoms with van der Waals surface area (Å²) in [6.07, 6.45) is -5.11. The summed E-state index contributed by atoms with van der Waals surface area (Å²) in [7, 11) is 0. The molecule has 144 valence electrons. The van der Waals surface area contributed by atoms with Crippen molar-refractivity contribution >= 4 is 0 Å². The van der Waals surface area contributed by atoms with Crippen LogP contribution in [0.3, 0.4) is 0 Å². The Hall–Kier alpha value is -2.90. The maximum Gasteiger partial charge on any atom is 0.344 e. The van der Waals surface area contributed by atoms with Crippen LogP contribution in [0.1, 0.15) is 25.0 Å². The molecule has 0 saturated carbocycles. The second-order valence-electron chi connectivity index (χ2n) is 5.95. The number of hydrogen-bond donors (Lipinski definition) is 0. The first kappa shape index (κ1) is 20.4. The van der Waals surface area contributed by atoms with Crippen molar-refractivity contribution < 1.29 is 35.8 Å². The molecule has 0 spiro atoms. The summed E-state index contributed by atoms with van der Waals surface area (Å²) in [5.41, 5.74) is 0.903. The van der Waals surface area contributed by atoms with Crippen molar-refractivity contribution in [2.24, 2.45) is 0 Å². The Morgan fingerprint density at radius 3 is 1.15 bits per heavy atom. The Morgan fingerprint density at radius 2 is 0.889 bits per heavy atom. The number of halogens is 6. The summed E-state index contributed by atoms with van der Waals surface area (Å²) < 4.78 is 82.6. The van der Waals surface area contributed by atoms with E-state index in [9.17, 15) is 26.3 Å². The van der Waals surface area contributed by atoms with Crippen molar-refractivity contribution in [2.75, 3.05) is 0 Å². The third kappa shape index (κ3) is 5.06. The highest BCUT2D eigenvalue weighted by Gasteiger charge is 2.23. The van der Waals surface area contributed by atoms with E-state index in [-0.39, 0.29) is 11.5 Å². The summed E-state index contributed by atoms with van der Waals surface area (Å²) in [5, 5.41) is 0. The smallest absolute Gasteiger partial charge is 0.344 e. The highest BCUT2D eigenvalue weighted by atomic mass is 19.3. The monoisotopic (exact) mass is 388 g/mol. The molecule has 0 atom stereocenters. The van der Waals surface area contributed by atoms with E-state index in [0.29, 0.717) is 0 Å². The molecule has 2 aromatic carbocycles. The molecule has 0 aromatic heterocycles. The molecule has 0 bridgehead atoms. The fraction of sp³-hybridized carbons (Fsp3) is 0.158. The Balaban J connectivity index is 2.20.